The summed E-state index contributed by atoms with van der Waals surface area (Å²) in [4.78, 5) is 0. The molecule has 0 spiro atoms. The molecule has 0 amide bonds. The van der Waals surface area contributed by atoms with Crippen LogP contribution in [0.1, 0.15) is 52.4 Å². The topological polar surface area (TPSA) is 0 Å². The van der Waals surface area contributed by atoms with Crippen molar-refractivity contribution in [1.29, 1.82) is 0 Å². The van der Waals surface area contributed by atoms with E-state index in [9.17, 15) is 0 Å². The Bertz CT molecular complexity index is 96.2. The number of hydrogen-bond acceptors (Lipinski definition) is 0. The minimum atomic E-state index is 0.00138. The molecule has 0 aliphatic rings. The fourth-order valence-electron chi connectivity index (χ4n) is 1.81. The predicted octanol–water partition coefficient (Wildman–Crippen LogP) is 1.54. The molecule has 0 heterocycles. The molecule has 0 aliphatic carbocycles. The van der Waals surface area contributed by atoms with Gasteiger partial charge in [0.1, 0.15) is 0 Å². The van der Waals surface area contributed by atoms with Crippen LogP contribution in [-0.2, 0) is 0 Å². The monoisotopic (exact) mass is 232 g/mol. The first-order chi connectivity index (χ1) is 6.31. The Morgan fingerprint density at radius 3 is 2.23 bits per heavy atom. The van der Waals surface area contributed by atoms with Crippen LogP contribution in [-0.4, -0.2) is 26.6 Å². The summed E-state index contributed by atoms with van der Waals surface area (Å²) in [7, 11) is 2.11. The van der Waals surface area contributed by atoms with Gasteiger partial charge in [-0.1, -0.05) is 64.5 Å². The molecule has 0 saturated heterocycles. The van der Waals surface area contributed by atoms with Gasteiger partial charge in [-0.25, -0.2) is 0 Å². The van der Waals surface area contributed by atoms with Crippen molar-refractivity contribution in [2.24, 2.45) is 0 Å². The zero-order chi connectivity index (χ0) is 9.94. The van der Waals surface area contributed by atoms with Crippen LogP contribution in [0.5, 0.6) is 0 Å². The second kappa shape index (κ2) is 10.7. The molecule has 3 heteroatoms. The fraction of sp³-hybridized carbons (Fsp3) is 1.00. The Morgan fingerprint density at radius 1 is 1.00 bits per heavy atom. The lowest BCUT2D eigenvalue weighted by Gasteiger charge is -2.07. The van der Waals surface area contributed by atoms with E-state index in [2.05, 4.69) is 13.8 Å². The van der Waals surface area contributed by atoms with Crippen molar-refractivity contribution in [3.63, 3.8) is 0 Å². The molecule has 1 unspecified atom stereocenters. The summed E-state index contributed by atoms with van der Waals surface area (Å²) in [6.45, 7) is 4.64. The first-order valence-electron chi connectivity index (χ1n) is 6.31. The van der Waals surface area contributed by atoms with Gasteiger partial charge in [0, 0.05) is 16.9 Å². The summed E-state index contributed by atoms with van der Waals surface area (Å²) in [6, 6.07) is 3.42. The van der Waals surface area contributed by atoms with Crippen molar-refractivity contribution >= 4 is 26.6 Å². The van der Waals surface area contributed by atoms with Crippen LogP contribution in [0.25, 0.3) is 0 Å². The van der Waals surface area contributed by atoms with Crippen molar-refractivity contribution in [3.05, 3.63) is 0 Å². The van der Waals surface area contributed by atoms with Crippen LogP contribution in [0.3, 0.4) is 0 Å². The third-order valence-electron chi connectivity index (χ3n) is 2.85. The van der Waals surface area contributed by atoms with Crippen molar-refractivity contribution < 1.29 is 0 Å². The Balaban J connectivity index is 3.05. The van der Waals surface area contributed by atoms with Crippen LogP contribution in [0.4, 0.5) is 0 Å². The summed E-state index contributed by atoms with van der Waals surface area (Å²) in [5, 5.41) is 0. The minimum Gasteiger partial charge on any atom is -0.0654 e. The van der Waals surface area contributed by atoms with E-state index in [1.165, 1.54) is 25.7 Å². The summed E-state index contributed by atoms with van der Waals surface area (Å²) in [5.41, 5.74) is 0. The summed E-state index contributed by atoms with van der Waals surface area (Å²) >= 11 is 0. The van der Waals surface area contributed by atoms with Crippen molar-refractivity contribution in [3.8, 4) is 0 Å². The molecule has 0 N–H and O–H groups in total. The van der Waals surface area contributed by atoms with Gasteiger partial charge in [0.25, 0.3) is 0 Å². The molecule has 0 fully saturated rings. The molecule has 0 rings (SSSR count). The van der Waals surface area contributed by atoms with E-state index >= 15 is 0 Å². The van der Waals surface area contributed by atoms with E-state index in [4.69, 9.17) is 0 Å². The Kier molecular flexibility index (Phi) is 11.3. The molecule has 80 valence electrons. The summed E-state index contributed by atoms with van der Waals surface area (Å²) in [6.07, 6.45) is 9.00. The second-order valence-corrected chi connectivity index (χ2v) is 24.2. The lowest BCUT2D eigenvalue weighted by Crippen LogP contribution is -2.22. The molecule has 0 aliphatic heterocycles. The predicted molar refractivity (Wildman–Crippen MR) is 74.3 cm³/mol. The molecule has 0 radical (unpaired) electrons. The van der Waals surface area contributed by atoms with Gasteiger partial charge >= 0.3 is 0 Å². The molecular formula is C10H28Si3. The van der Waals surface area contributed by atoms with Crippen molar-refractivity contribution in [2.75, 3.05) is 0 Å². The lowest BCUT2D eigenvalue weighted by atomic mass is 10.3. The maximum atomic E-state index is 2.32. The molecule has 0 bridgehead atoms. The van der Waals surface area contributed by atoms with Crippen LogP contribution < -0.4 is 0 Å². The van der Waals surface area contributed by atoms with Gasteiger partial charge in [0.15, 0.2) is 0 Å². The van der Waals surface area contributed by atoms with E-state index in [1.807, 2.05) is 0 Å². The third kappa shape index (κ3) is 10.6. The maximum Gasteiger partial charge on any atom is 0.00905 e. The molecule has 0 nitrogen and oxygen atoms in total. The van der Waals surface area contributed by atoms with Gasteiger partial charge in [-0.3, -0.25) is 0 Å². The second-order valence-electron chi connectivity index (χ2n) is 4.45. The first-order valence-corrected chi connectivity index (χ1v) is 16.0. The largest absolute Gasteiger partial charge is 0.0654 e. The van der Waals surface area contributed by atoms with E-state index in [0.717, 1.165) is 0 Å². The van der Waals surface area contributed by atoms with Crippen LogP contribution >= 0.6 is 0 Å². The van der Waals surface area contributed by atoms with Crippen LogP contribution in [0.2, 0.25) is 12.1 Å². The standard InChI is InChI=1S/C10H28Si3/c1-3-5-7-9-12-13(11)10-8-6-4-2/h13H,3-10,12H2,1-2,11H3. The fourth-order valence-corrected chi connectivity index (χ4v) is 14.0. The number of rotatable bonds is 9. The normalized spacial score (nSPS) is 14.3. The molecule has 13 heavy (non-hydrogen) atoms. The van der Waals surface area contributed by atoms with E-state index < -0.39 is 0 Å². The highest BCUT2D eigenvalue weighted by atomic mass is 29.5. The highest BCUT2D eigenvalue weighted by Crippen LogP contribution is 2.04. The first kappa shape index (κ1) is 13.7. The molecule has 0 aromatic heterocycles. The summed E-state index contributed by atoms with van der Waals surface area (Å²) in [5.74, 6) is 0. The third-order valence-corrected chi connectivity index (χ3v) is 18.5. The zero-order valence-electron chi connectivity index (χ0n) is 9.94. The number of hydrogen-bond donors (Lipinski definition) is 0. The lowest BCUT2D eigenvalue weighted by molar-refractivity contribution is 0.766. The van der Waals surface area contributed by atoms with Gasteiger partial charge in [-0.05, 0) is 9.76 Å². The zero-order valence-corrected chi connectivity index (χ0v) is 14.5. The van der Waals surface area contributed by atoms with Crippen molar-refractivity contribution in [2.45, 2.75) is 64.5 Å². The average Bonchev–Trinajstić information content (AvgIpc) is 2.13. The van der Waals surface area contributed by atoms with Gasteiger partial charge in [0.2, 0.25) is 0 Å². The average molecular weight is 233 g/mol. The maximum absolute atomic E-state index is 2.32. The molecule has 0 aromatic carbocycles. The highest BCUT2D eigenvalue weighted by molar-refractivity contribution is 7.34. The molecule has 1 atom stereocenters. The van der Waals surface area contributed by atoms with Gasteiger partial charge in [0.05, 0.1) is 0 Å². The Labute approximate surface area is 91.3 Å². The smallest absolute Gasteiger partial charge is 0.00905 e. The van der Waals surface area contributed by atoms with E-state index in [0.29, 0.717) is 9.04 Å². The van der Waals surface area contributed by atoms with Crippen LogP contribution in [0.15, 0.2) is 0 Å². The van der Waals surface area contributed by atoms with Gasteiger partial charge in [-0.2, -0.15) is 0 Å². The molecular weight excluding hydrogens is 204 g/mol. The summed E-state index contributed by atoms with van der Waals surface area (Å²) < 4.78 is 0. The quantitative estimate of drug-likeness (QED) is 0.418. The molecule has 0 aromatic rings. The SMILES string of the molecule is CCCCC[SiH2][SiH]([SiH3])CCCCC. The Morgan fingerprint density at radius 2 is 1.62 bits per heavy atom. The number of unbranched alkanes of at least 4 members (excludes halogenated alkanes) is 4. The van der Waals surface area contributed by atoms with Crippen molar-refractivity contribution in [1.82, 2.24) is 0 Å². The van der Waals surface area contributed by atoms with Gasteiger partial charge in [-0.15, -0.1) is 0 Å². The van der Waals surface area contributed by atoms with Gasteiger partial charge < -0.3 is 0 Å². The Hall–Kier alpha value is 0.651. The minimum absolute atomic E-state index is 0.00138. The van der Waals surface area contributed by atoms with E-state index in [1.54, 1.807) is 34.7 Å². The van der Waals surface area contributed by atoms with Crippen LogP contribution in [0, 0.1) is 0 Å². The van der Waals surface area contributed by atoms with E-state index in [-0.39, 0.29) is 7.83 Å². The molecule has 0 saturated carbocycles. The highest BCUT2D eigenvalue weighted by Gasteiger charge is 2.03.